The lowest BCUT2D eigenvalue weighted by molar-refractivity contribution is -0.129. The first-order chi connectivity index (χ1) is 9.75. The molecular weight excluding hydrogens is 250 g/mol. The first-order valence-electron chi connectivity index (χ1n) is 6.66. The number of amides is 1. The van der Waals surface area contributed by atoms with E-state index < -0.39 is 5.92 Å². The van der Waals surface area contributed by atoms with Crippen LogP contribution in [0.25, 0.3) is 0 Å². The summed E-state index contributed by atoms with van der Waals surface area (Å²) in [5, 5.41) is 0. The molecule has 3 rings (SSSR count). The molecule has 0 aliphatic carbocycles. The zero-order valence-electron chi connectivity index (χ0n) is 11.0. The van der Waals surface area contributed by atoms with E-state index in [-0.39, 0.29) is 18.2 Å². The fourth-order valence-electron chi connectivity index (χ4n) is 2.59. The molecule has 0 spiro atoms. The Morgan fingerprint density at radius 1 is 0.900 bits per heavy atom. The number of Topliss-reactive ketones (excluding diaryl/α,β-unsaturated/α-hetero) is 1. The molecule has 0 bridgehead atoms. The van der Waals surface area contributed by atoms with Gasteiger partial charge in [-0.05, 0) is 11.1 Å². The second kappa shape index (κ2) is 5.29. The van der Waals surface area contributed by atoms with E-state index in [0.29, 0.717) is 6.54 Å². The number of likely N-dealkylation sites (tertiary alicyclic amines) is 1. The summed E-state index contributed by atoms with van der Waals surface area (Å²) in [6.07, 6.45) is 0. The minimum Gasteiger partial charge on any atom is -0.330 e. The van der Waals surface area contributed by atoms with Crippen LogP contribution in [-0.4, -0.2) is 23.1 Å². The number of nitrogens with zero attached hydrogens (tertiary/aromatic N) is 1. The second-order valence-electron chi connectivity index (χ2n) is 4.99. The summed E-state index contributed by atoms with van der Waals surface area (Å²) in [4.78, 5) is 26.2. The van der Waals surface area contributed by atoms with Gasteiger partial charge in [0.25, 0.3) is 0 Å². The SMILES string of the molecule is O=C1CN(Cc2ccccc2)C(=O)C1c1ccccc1. The van der Waals surface area contributed by atoms with E-state index in [9.17, 15) is 9.59 Å². The normalized spacial score (nSPS) is 18.6. The quantitative estimate of drug-likeness (QED) is 0.799. The minimum absolute atomic E-state index is 0.0165. The molecule has 0 aromatic heterocycles. The average Bonchev–Trinajstić information content (AvgIpc) is 2.75. The molecule has 3 nitrogen and oxygen atoms in total. The highest BCUT2D eigenvalue weighted by Crippen LogP contribution is 2.26. The molecule has 1 heterocycles. The molecule has 0 saturated carbocycles. The van der Waals surface area contributed by atoms with Crippen molar-refractivity contribution in [1.29, 1.82) is 0 Å². The molecule has 1 saturated heterocycles. The Morgan fingerprint density at radius 3 is 2.15 bits per heavy atom. The Hall–Kier alpha value is -2.42. The highest BCUT2D eigenvalue weighted by atomic mass is 16.2. The van der Waals surface area contributed by atoms with Gasteiger partial charge in [-0.2, -0.15) is 0 Å². The molecule has 20 heavy (non-hydrogen) atoms. The third kappa shape index (κ3) is 2.35. The van der Waals surface area contributed by atoms with Crippen LogP contribution in [0.1, 0.15) is 17.0 Å². The van der Waals surface area contributed by atoms with Gasteiger partial charge in [-0.3, -0.25) is 9.59 Å². The van der Waals surface area contributed by atoms with Gasteiger partial charge in [0.05, 0.1) is 6.54 Å². The van der Waals surface area contributed by atoms with E-state index in [2.05, 4.69) is 0 Å². The topological polar surface area (TPSA) is 37.4 Å². The molecule has 1 amide bonds. The largest absolute Gasteiger partial charge is 0.330 e. The van der Waals surface area contributed by atoms with Crippen LogP contribution in [0, 0.1) is 0 Å². The lowest BCUT2D eigenvalue weighted by Crippen LogP contribution is -2.26. The van der Waals surface area contributed by atoms with Gasteiger partial charge in [0, 0.05) is 6.54 Å². The summed E-state index contributed by atoms with van der Waals surface area (Å²) in [5.41, 5.74) is 1.83. The van der Waals surface area contributed by atoms with E-state index in [1.54, 1.807) is 4.90 Å². The van der Waals surface area contributed by atoms with Crippen molar-refractivity contribution in [2.24, 2.45) is 0 Å². The van der Waals surface area contributed by atoms with Crippen molar-refractivity contribution >= 4 is 11.7 Å². The van der Waals surface area contributed by atoms with Crippen LogP contribution in [0.15, 0.2) is 60.7 Å². The molecule has 1 fully saturated rings. The van der Waals surface area contributed by atoms with Gasteiger partial charge in [-0.15, -0.1) is 0 Å². The summed E-state index contributed by atoms with van der Waals surface area (Å²) < 4.78 is 0. The molecule has 1 atom stereocenters. The van der Waals surface area contributed by atoms with Crippen LogP contribution < -0.4 is 0 Å². The van der Waals surface area contributed by atoms with E-state index in [1.807, 2.05) is 60.7 Å². The number of rotatable bonds is 3. The summed E-state index contributed by atoms with van der Waals surface area (Å²) in [6, 6.07) is 19.0. The van der Waals surface area contributed by atoms with Crippen molar-refractivity contribution in [3.63, 3.8) is 0 Å². The molecule has 1 aliphatic heterocycles. The van der Waals surface area contributed by atoms with Gasteiger partial charge < -0.3 is 4.90 Å². The number of carbonyl (C=O) groups is 2. The second-order valence-corrected chi connectivity index (χ2v) is 4.99. The zero-order chi connectivity index (χ0) is 13.9. The summed E-state index contributed by atoms with van der Waals surface area (Å²) >= 11 is 0. The van der Waals surface area contributed by atoms with Crippen molar-refractivity contribution in [1.82, 2.24) is 4.90 Å². The average molecular weight is 265 g/mol. The standard InChI is InChI=1S/C17H15NO2/c19-15-12-18(11-13-7-3-1-4-8-13)17(20)16(15)14-9-5-2-6-10-14/h1-10,16H,11-12H2. The van der Waals surface area contributed by atoms with Gasteiger partial charge in [-0.1, -0.05) is 60.7 Å². The Balaban J connectivity index is 1.81. The molecule has 100 valence electrons. The number of hydrogen-bond acceptors (Lipinski definition) is 2. The van der Waals surface area contributed by atoms with Crippen LogP contribution >= 0.6 is 0 Å². The fourth-order valence-corrected chi connectivity index (χ4v) is 2.59. The van der Waals surface area contributed by atoms with E-state index in [1.165, 1.54) is 0 Å². The van der Waals surface area contributed by atoms with Gasteiger partial charge in [0.1, 0.15) is 5.92 Å². The lowest BCUT2D eigenvalue weighted by atomic mass is 9.97. The smallest absolute Gasteiger partial charge is 0.238 e. The van der Waals surface area contributed by atoms with Crippen LogP contribution in [0.2, 0.25) is 0 Å². The molecular formula is C17H15NO2. The minimum atomic E-state index is -0.625. The molecule has 1 aliphatic rings. The number of carbonyl (C=O) groups excluding carboxylic acids is 2. The number of hydrogen-bond donors (Lipinski definition) is 0. The number of benzene rings is 2. The van der Waals surface area contributed by atoms with Gasteiger partial charge in [0.15, 0.2) is 5.78 Å². The van der Waals surface area contributed by atoms with Crippen LogP contribution in [0.3, 0.4) is 0 Å². The molecule has 0 radical (unpaired) electrons. The molecule has 1 unspecified atom stereocenters. The summed E-state index contributed by atoms with van der Waals surface area (Å²) in [6.45, 7) is 0.696. The summed E-state index contributed by atoms with van der Waals surface area (Å²) in [7, 11) is 0. The molecule has 2 aromatic rings. The molecule has 2 aromatic carbocycles. The van der Waals surface area contributed by atoms with Crippen molar-refractivity contribution < 1.29 is 9.59 Å². The highest BCUT2D eigenvalue weighted by molar-refractivity contribution is 6.13. The number of ketones is 1. The highest BCUT2D eigenvalue weighted by Gasteiger charge is 2.39. The Kier molecular flexibility index (Phi) is 3.33. The monoisotopic (exact) mass is 265 g/mol. The first-order valence-corrected chi connectivity index (χ1v) is 6.66. The Bertz CT molecular complexity index is 622. The lowest BCUT2D eigenvalue weighted by Gasteiger charge is -2.15. The van der Waals surface area contributed by atoms with E-state index >= 15 is 0 Å². The molecule has 3 heteroatoms. The van der Waals surface area contributed by atoms with Gasteiger partial charge in [0.2, 0.25) is 5.91 Å². The van der Waals surface area contributed by atoms with Crippen LogP contribution in [0.4, 0.5) is 0 Å². The first kappa shape index (κ1) is 12.6. The Morgan fingerprint density at radius 2 is 1.50 bits per heavy atom. The van der Waals surface area contributed by atoms with Crippen LogP contribution in [0.5, 0.6) is 0 Å². The third-order valence-corrected chi connectivity index (χ3v) is 3.58. The maximum atomic E-state index is 12.4. The van der Waals surface area contributed by atoms with E-state index in [4.69, 9.17) is 0 Å². The van der Waals surface area contributed by atoms with Crippen molar-refractivity contribution in [3.8, 4) is 0 Å². The maximum Gasteiger partial charge on any atom is 0.238 e. The maximum absolute atomic E-state index is 12.4. The Labute approximate surface area is 117 Å². The third-order valence-electron chi connectivity index (χ3n) is 3.58. The van der Waals surface area contributed by atoms with E-state index in [0.717, 1.165) is 11.1 Å². The molecule has 0 N–H and O–H groups in total. The predicted octanol–water partition coefficient (Wildman–Crippen LogP) is 2.38. The fraction of sp³-hybridized carbons (Fsp3) is 0.176. The van der Waals surface area contributed by atoms with Crippen LogP contribution in [-0.2, 0) is 16.1 Å². The van der Waals surface area contributed by atoms with Crippen molar-refractivity contribution in [2.75, 3.05) is 6.54 Å². The predicted molar refractivity (Wildman–Crippen MR) is 76.0 cm³/mol. The van der Waals surface area contributed by atoms with Gasteiger partial charge in [-0.25, -0.2) is 0 Å². The van der Waals surface area contributed by atoms with Gasteiger partial charge >= 0.3 is 0 Å². The van der Waals surface area contributed by atoms with Crippen molar-refractivity contribution in [2.45, 2.75) is 12.5 Å². The summed E-state index contributed by atoms with van der Waals surface area (Å²) in [5.74, 6) is -0.734. The van der Waals surface area contributed by atoms with Crippen molar-refractivity contribution in [3.05, 3.63) is 71.8 Å². The zero-order valence-corrected chi connectivity index (χ0v) is 11.0.